The molecule has 0 unspecified atom stereocenters. The van der Waals surface area contributed by atoms with Gasteiger partial charge in [0.15, 0.2) is 0 Å². The van der Waals surface area contributed by atoms with Crippen LogP contribution in [0, 0.1) is 0 Å². The fourth-order valence-corrected chi connectivity index (χ4v) is 1.26. The molecule has 1 rings (SSSR count). The Bertz CT molecular complexity index is 322. The maximum Gasteiger partial charge on any atom is 0.460 e. The molecule has 0 radical (unpaired) electrons. The summed E-state index contributed by atoms with van der Waals surface area (Å²) in [5.41, 5.74) is 0. The van der Waals surface area contributed by atoms with Crippen molar-refractivity contribution in [3.63, 3.8) is 0 Å². The fourth-order valence-electron chi connectivity index (χ4n) is 1.26. The van der Waals surface area contributed by atoms with Crippen LogP contribution in [0.4, 0.5) is 30.7 Å². The lowest BCUT2D eigenvalue weighted by Crippen LogP contribution is -2.57. The quantitative estimate of drug-likeness (QED) is 0.745. The van der Waals surface area contributed by atoms with Crippen LogP contribution < -0.4 is 0 Å². The van der Waals surface area contributed by atoms with Gasteiger partial charge in [0, 0.05) is 13.1 Å². The molecule has 3 nitrogen and oxygen atoms in total. The zero-order valence-corrected chi connectivity index (χ0v) is 8.74. The van der Waals surface area contributed by atoms with Crippen molar-refractivity contribution in [2.75, 3.05) is 13.1 Å². The molecular weight excluding hydrogens is 275 g/mol. The van der Waals surface area contributed by atoms with Crippen molar-refractivity contribution in [3.05, 3.63) is 0 Å². The first-order chi connectivity index (χ1) is 8.00. The first-order valence-corrected chi connectivity index (χ1v) is 4.80. The van der Waals surface area contributed by atoms with Gasteiger partial charge in [0.05, 0.1) is 0 Å². The van der Waals surface area contributed by atoms with Crippen molar-refractivity contribution >= 4 is 5.97 Å². The maximum absolute atomic E-state index is 12.8. The summed E-state index contributed by atoms with van der Waals surface area (Å²) in [6.07, 6.45) is -5.61. The molecule has 0 spiro atoms. The van der Waals surface area contributed by atoms with E-state index in [-0.39, 0.29) is 13.1 Å². The predicted octanol–water partition coefficient (Wildman–Crippen LogP) is 2.37. The van der Waals surface area contributed by atoms with Gasteiger partial charge in [0.2, 0.25) is 0 Å². The second-order valence-corrected chi connectivity index (χ2v) is 3.66. The topological polar surface area (TPSA) is 29.5 Å². The normalized spacial score (nSPS) is 19.1. The molecule has 0 saturated carbocycles. The van der Waals surface area contributed by atoms with Gasteiger partial charge in [0.25, 0.3) is 0 Å². The molecule has 18 heavy (non-hydrogen) atoms. The van der Waals surface area contributed by atoms with Gasteiger partial charge >= 0.3 is 24.0 Å². The van der Waals surface area contributed by atoms with Crippen LogP contribution in [-0.2, 0) is 9.63 Å². The molecule has 106 valence electrons. The van der Waals surface area contributed by atoms with Gasteiger partial charge in [-0.3, -0.25) is 0 Å². The number of alkyl halides is 7. The van der Waals surface area contributed by atoms with E-state index >= 15 is 0 Å². The number of hydroxylamine groups is 2. The monoisotopic (exact) mass is 283 g/mol. The Labute approximate surface area is 96.4 Å². The first kappa shape index (κ1) is 15.0. The molecule has 1 heterocycles. The number of hydrogen-bond donors (Lipinski definition) is 0. The highest BCUT2D eigenvalue weighted by Gasteiger charge is 2.77. The van der Waals surface area contributed by atoms with Gasteiger partial charge in [-0.1, -0.05) is 0 Å². The first-order valence-electron chi connectivity index (χ1n) is 4.80. The molecule has 0 aliphatic carbocycles. The molecule has 1 saturated heterocycles. The molecule has 0 aromatic carbocycles. The van der Waals surface area contributed by atoms with Crippen LogP contribution in [-0.4, -0.2) is 42.1 Å². The van der Waals surface area contributed by atoms with E-state index in [2.05, 4.69) is 4.84 Å². The highest BCUT2D eigenvalue weighted by atomic mass is 19.4. The largest absolute Gasteiger partial charge is 0.460 e. The van der Waals surface area contributed by atoms with Crippen LogP contribution >= 0.6 is 0 Å². The smallest absolute Gasteiger partial charge is 0.363 e. The van der Waals surface area contributed by atoms with E-state index in [4.69, 9.17) is 0 Å². The highest BCUT2D eigenvalue weighted by molar-refractivity contribution is 5.78. The molecule has 0 N–H and O–H groups in total. The Balaban J connectivity index is 2.81. The van der Waals surface area contributed by atoms with E-state index in [1.54, 1.807) is 0 Å². The minimum absolute atomic E-state index is 0.0133. The zero-order valence-electron chi connectivity index (χ0n) is 8.74. The fraction of sp³-hybridized carbons (Fsp3) is 0.875. The Morgan fingerprint density at radius 2 is 1.39 bits per heavy atom. The molecule has 10 heteroatoms. The maximum atomic E-state index is 12.8. The number of nitrogens with zero attached hydrogens (tertiary/aromatic N) is 1. The molecule has 0 amide bonds. The van der Waals surface area contributed by atoms with Gasteiger partial charge in [-0.15, -0.1) is 5.06 Å². The van der Waals surface area contributed by atoms with E-state index in [1.807, 2.05) is 0 Å². The van der Waals surface area contributed by atoms with Crippen molar-refractivity contribution in [2.24, 2.45) is 0 Å². The van der Waals surface area contributed by atoms with Crippen molar-refractivity contribution in [2.45, 2.75) is 30.9 Å². The van der Waals surface area contributed by atoms with Crippen molar-refractivity contribution < 1.29 is 40.4 Å². The van der Waals surface area contributed by atoms with Crippen LogP contribution in [0.15, 0.2) is 0 Å². The highest BCUT2D eigenvalue weighted by Crippen LogP contribution is 2.47. The minimum atomic E-state index is -6.54. The van der Waals surface area contributed by atoms with E-state index < -0.39 is 24.0 Å². The molecular formula is C8H8F7NO2. The van der Waals surface area contributed by atoms with Crippen LogP contribution in [0.2, 0.25) is 0 Å². The van der Waals surface area contributed by atoms with Crippen LogP contribution in [0.3, 0.4) is 0 Å². The minimum Gasteiger partial charge on any atom is -0.363 e. The lowest BCUT2D eigenvalue weighted by Gasteiger charge is -2.27. The molecule has 0 bridgehead atoms. The van der Waals surface area contributed by atoms with Crippen LogP contribution in [0.1, 0.15) is 12.8 Å². The van der Waals surface area contributed by atoms with Crippen LogP contribution in [0.5, 0.6) is 0 Å². The van der Waals surface area contributed by atoms with E-state index in [1.165, 1.54) is 0 Å². The molecule has 1 fully saturated rings. The predicted molar refractivity (Wildman–Crippen MR) is 42.8 cm³/mol. The van der Waals surface area contributed by atoms with E-state index in [9.17, 15) is 35.5 Å². The Kier molecular flexibility index (Phi) is 3.80. The summed E-state index contributed by atoms with van der Waals surface area (Å²) < 4.78 is 85.7. The van der Waals surface area contributed by atoms with Crippen molar-refractivity contribution in [1.29, 1.82) is 0 Å². The lowest BCUT2D eigenvalue weighted by molar-refractivity contribution is -0.352. The third-order valence-electron chi connectivity index (χ3n) is 2.28. The van der Waals surface area contributed by atoms with Gasteiger partial charge in [-0.25, -0.2) is 4.79 Å². The zero-order chi connectivity index (χ0) is 14.2. The summed E-state index contributed by atoms with van der Waals surface area (Å²) in [7, 11) is 0. The van der Waals surface area contributed by atoms with E-state index in [0.717, 1.165) is 0 Å². The standard InChI is InChI=1S/C8H8F7NO2/c9-6(10,7(11,12)8(13,14)15)5(17)18-16-3-1-2-4-16/h1-4H2. The van der Waals surface area contributed by atoms with Gasteiger partial charge in [0.1, 0.15) is 0 Å². The number of carbonyl (C=O) groups is 1. The lowest BCUT2D eigenvalue weighted by atomic mass is 10.1. The summed E-state index contributed by atoms with van der Waals surface area (Å²) in [5, 5.41) is 0.628. The molecule has 1 aliphatic rings. The summed E-state index contributed by atoms with van der Waals surface area (Å²) in [4.78, 5) is 14.5. The van der Waals surface area contributed by atoms with Crippen LogP contribution in [0.25, 0.3) is 0 Å². The Hall–Kier alpha value is -1.06. The second kappa shape index (κ2) is 4.56. The number of halogens is 7. The SMILES string of the molecule is O=C(ON1CCCC1)C(F)(F)C(F)(F)C(F)(F)F. The summed E-state index contributed by atoms with van der Waals surface area (Å²) in [5.74, 6) is -15.4. The van der Waals surface area contributed by atoms with E-state index in [0.29, 0.717) is 17.9 Å². The summed E-state index contributed by atoms with van der Waals surface area (Å²) in [6.45, 7) is 0.0266. The third kappa shape index (κ3) is 2.52. The summed E-state index contributed by atoms with van der Waals surface area (Å²) >= 11 is 0. The summed E-state index contributed by atoms with van der Waals surface area (Å²) in [6, 6.07) is 0. The molecule has 0 aromatic rings. The Morgan fingerprint density at radius 3 is 1.78 bits per heavy atom. The molecule has 1 aliphatic heterocycles. The van der Waals surface area contributed by atoms with Crippen molar-refractivity contribution in [1.82, 2.24) is 5.06 Å². The number of hydrogen-bond acceptors (Lipinski definition) is 3. The van der Waals surface area contributed by atoms with Gasteiger partial charge in [-0.2, -0.15) is 30.7 Å². The third-order valence-corrected chi connectivity index (χ3v) is 2.28. The van der Waals surface area contributed by atoms with Gasteiger partial charge in [-0.05, 0) is 12.8 Å². The molecule has 0 aromatic heterocycles. The average Bonchev–Trinajstić information content (AvgIpc) is 2.68. The number of carbonyl (C=O) groups excluding carboxylic acids is 1. The molecule has 0 atom stereocenters. The Morgan fingerprint density at radius 1 is 0.944 bits per heavy atom. The number of rotatable bonds is 3. The van der Waals surface area contributed by atoms with Gasteiger partial charge < -0.3 is 4.84 Å². The second-order valence-electron chi connectivity index (χ2n) is 3.66. The van der Waals surface area contributed by atoms with Crippen molar-refractivity contribution in [3.8, 4) is 0 Å². The average molecular weight is 283 g/mol.